The lowest BCUT2D eigenvalue weighted by Crippen LogP contribution is -2.37. The molecule has 2 heterocycles. The number of halogens is 2. The molecule has 9 nitrogen and oxygen atoms in total. The van der Waals surface area contributed by atoms with Gasteiger partial charge in [0.15, 0.2) is 0 Å². The summed E-state index contributed by atoms with van der Waals surface area (Å²) in [6, 6.07) is 16.1. The molecule has 5 rings (SSSR count). The Morgan fingerprint density at radius 2 is 1.91 bits per heavy atom. The number of aromatic nitrogens is 2. The largest absolute Gasteiger partial charge is 0.486 e. The minimum absolute atomic E-state index is 0.0408. The monoisotopic (exact) mass is 617 g/mol. The molecule has 3 aromatic carbocycles. The zero-order valence-corrected chi connectivity index (χ0v) is 25.2. The highest BCUT2D eigenvalue weighted by Gasteiger charge is 2.22. The van der Waals surface area contributed by atoms with Crippen LogP contribution in [0.25, 0.3) is 17.1 Å². The van der Waals surface area contributed by atoms with E-state index in [-0.39, 0.29) is 30.0 Å². The highest BCUT2D eigenvalue weighted by molar-refractivity contribution is 6.38. The predicted octanol–water partition coefficient (Wildman–Crippen LogP) is 5.74. The molecule has 0 saturated carbocycles. The minimum atomic E-state index is -0.426. The molecule has 1 aliphatic rings. The SMILES string of the molecule is Cc1cnc2cccc(OCc3c(Cl)ccc(N(C)C(=O)CNC(=O)/C=C/c4ccc(N5CCCC5=O)cc4)c3Cl)c2n1. The topological polar surface area (TPSA) is 105 Å². The van der Waals surface area contributed by atoms with Crippen LogP contribution >= 0.6 is 23.2 Å². The molecule has 11 heteroatoms. The number of nitrogens with one attached hydrogen (secondary N) is 1. The lowest BCUT2D eigenvalue weighted by Gasteiger charge is -2.21. The van der Waals surface area contributed by atoms with Crippen LogP contribution in [0, 0.1) is 6.92 Å². The number of carbonyl (C=O) groups excluding carboxylic acids is 3. The summed E-state index contributed by atoms with van der Waals surface area (Å²) in [7, 11) is 1.57. The standard InChI is InChI=1S/C32H29Cl2N5O4/c1-20-17-35-25-5-3-6-27(32(25)37-20)43-19-23-24(33)13-14-26(31(23)34)38(2)30(42)18-36-28(40)15-10-21-8-11-22(12-9-21)39-16-4-7-29(39)41/h3,5-6,8-15,17H,4,7,16,18-19H2,1-2H3,(H,36,40)/b15-10+. The van der Waals surface area contributed by atoms with E-state index in [1.807, 2.05) is 43.3 Å². The molecule has 0 spiro atoms. The second-order valence-electron chi connectivity index (χ2n) is 10.0. The Hall–Kier alpha value is -4.47. The van der Waals surface area contributed by atoms with Gasteiger partial charge in [-0.3, -0.25) is 19.4 Å². The molecule has 1 aliphatic heterocycles. The third kappa shape index (κ3) is 6.96. The molecule has 1 fully saturated rings. The van der Waals surface area contributed by atoms with E-state index in [9.17, 15) is 14.4 Å². The number of amides is 3. The molecule has 1 N–H and O–H groups in total. The van der Waals surface area contributed by atoms with E-state index < -0.39 is 5.91 Å². The van der Waals surface area contributed by atoms with Gasteiger partial charge in [-0.15, -0.1) is 0 Å². The maximum atomic E-state index is 12.9. The molecule has 1 aromatic heterocycles. The van der Waals surface area contributed by atoms with Crippen LogP contribution in [0.1, 0.15) is 29.7 Å². The molecule has 43 heavy (non-hydrogen) atoms. The summed E-state index contributed by atoms with van der Waals surface area (Å²) >= 11 is 13.2. The summed E-state index contributed by atoms with van der Waals surface area (Å²) in [5, 5.41) is 3.25. The number of rotatable bonds is 9. The number of likely N-dealkylation sites (N-methyl/N-ethyl adjacent to an activating group) is 1. The first kappa shape index (κ1) is 30.0. The molecule has 0 radical (unpaired) electrons. The lowest BCUT2D eigenvalue weighted by atomic mass is 10.2. The van der Waals surface area contributed by atoms with Crippen molar-refractivity contribution in [2.75, 3.05) is 29.9 Å². The fourth-order valence-electron chi connectivity index (χ4n) is 4.67. The van der Waals surface area contributed by atoms with Crippen molar-refractivity contribution in [3.8, 4) is 5.75 Å². The summed E-state index contributed by atoms with van der Waals surface area (Å²) in [6.07, 6.45) is 6.11. The molecule has 0 unspecified atom stereocenters. The average molecular weight is 619 g/mol. The first-order valence-electron chi connectivity index (χ1n) is 13.7. The van der Waals surface area contributed by atoms with Gasteiger partial charge >= 0.3 is 0 Å². The highest BCUT2D eigenvalue weighted by Crippen LogP contribution is 2.35. The second kappa shape index (κ2) is 13.2. The van der Waals surface area contributed by atoms with Crippen molar-refractivity contribution in [3.05, 3.63) is 93.7 Å². The van der Waals surface area contributed by atoms with E-state index in [1.165, 1.54) is 11.0 Å². The summed E-state index contributed by atoms with van der Waals surface area (Å²) in [4.78, 5) is 49.3. The van der Waals surface area contributed by atoms with Crippen molar-refractivity contribution in [2.24, 2.45) is 0 Å². The van der Waals surface area contributed by atoms with Crippen LogP contribution in [0.2, 0.25) is 10.0 Å². The molecule has 220 valence electrons. The van der Waals surface area contributed by atoms with Crippen molar-refractivity contribution in [2.45, 2.75) is 26.4 Å². The number of benzene rings is 3. The molecular formula is C32H29Cl2N5O4. The van der Waals surface area contributed by atoms with Gasteiger partial charge in [-0.1, -0.05) is 41.4 Å². The number of aryl methyl sites for hydroxylation is 1. The Balaban J connectivity index is 1.19. The first-order valence-corrected chi connectivity index (χ1v) is 14.4. The molecule has 3 amide bonds. The number of fused-ring (bicyclic) bond motifs is 1. The van der Waals surface area contributed by atoms with Gasteiger partial charge in [0.05, 0.1) is 28.5 Å². The molecule has 1 saturated heterocycles. The van der Waals surface area contributed by atoms with Crippen molar-refractivity contribution < 1.29 is 19.1 Å². The van der Waals surface area contributed by atoms with Crippen LogP contribution in [0.15, 0.2) is 66.9 Å². The Morgan fingerprint density at radius 3 is 2.65 bits per heavy atom. The summed E-state index contributed by atoms with van der Waals surface area (Å²) in [5.41, 5.74) is 4.64. The Kier molecular flexibility index (Phi) is 9.23. The van der Waals surface area contributed by atoms with Gasteiger partial charge in [-0.05, 0) is 61.4 Å². The first-order chi connectivity index (χ1) is 20.7. The third-order valence-electron chi connectivity index (χ3n) is 7.05. The number of anilines is 2. The average Bonchev–Trinajstić information content (AvgIpc) is 3.44. The van der Waals surface area contributed by atoms with Gasteiger partial charge in [0.25, 0.3) is 0 Å². The number of hydrogen-bond donors (Lipinski definition) is 1. The Labute approximate surface area is 259 Å². The smallest absolute Gasteiger partial charge is 0.246 e. The van der Waals surface area contributed by atoms with Crippen LogP contribution < -0.4 is 19.9 Å². The van der Waals surface area contributed by atoms with Crippen molar-refractivity contribution in [3.63, 3.8) is 0 Å². The molecular weight excluding hydrogens is 589 g/mol. The second-order valence-corrected chi connectivity index (χ2v) is 10.8. The van der Waals surface area contributed by atoms with Crippen molar-refractivity contribution in [1.82, 2.24) is 15.3 Å². The fourth-order valence-corrected chi connectivity index (χ4v) is 5.28. The van der Waals surface area contributed by atoms with Gasteiger partial charge in [-0.2, -0.15) is 0 Å². The van der Waals surface area contributed by atoms with Gasteiger partial charge in [0.1, 0.15) is 17.9 Å². The van der Waals surface area contributed by atoms with E-state index in [4.69, 9.17) is 27.9 Å². The highest BCUT2D eigenvalue weighted by atomic mass is 35.5. The van der Waals surface area contributed by atoms with E-state index in [1.54, 1.807) is 42.4 Å². The lowest BCUT2D eigenvalue weighted by molar-refractivity contribution is -0.122. The number of hydrogen-bond acceptors (Lipinski definition) is 6. The summed E-state index contributed by atoms with van der Waals surface area (Å²) < 4.78 is 6.04. The van der Waals surface area contributed by atoms with Gasteiger partial charge in [-0.25, -0.2) is 4.98 Å². The predicted molar refractivity (Wildman–Crippen MR) is 169 cm³/mol. The van der Waals surface area contributed by atoms with Crippen LogP contribution in [0.5, 0.6) is 5.75 Å². The summed E-state index contributed by atoms with van der Waals surface area (Å²) in [5.74, 6) is -0.153. The van der Waals surface area contributed by atoms with Crippen molar-refractivity contribution >= 4 is 69.4 Å². The number of nitrogens with zero attached hydrogens (tertiary/aromatic N) is 4. The molecule has 0 atom stereocenters. The van der Waals surface area contributed by atoms with E-state index in [0.29, 0.717) is 39.5 Å². The Morgan fingerprint density at radius 1 is 1.12 bits per heavy atom. The van der Waals surface area contributed by atoms with E-state index >= 15 is 0 Å². The van der Waals surface area contributed by atoms with Crippen LogP contribution in [-0.2, 0) is 21.0 Å². The summed E-state index contributed by atoms with van der Waals surface area (Å²) in [6.45, 7) is 2.37. The number of para-hydroxylation sites is 1. The van der Waals surface area contributed by atoms with Gasteiger partial charge in [0.2, 0.25) is 17.7 Å². The van der Waals surface area contributed by atoms with Gasteiger partial charge in [0, 0.05) is 48.6 Å². The third-order valence-corrected chi connectivity index (χ3v) is 7.82. The van der Waals surface area contributed by atoms with Crippen LogP contribution in [0.4, 0.5) is 11.4 Å². The van der Waals surface area contributed by atoms with E-state index in [0.717, 1.165) is 29.9 Å². The molecule has 0 aliphatic carbocycles. The maximum absolute atomic E-state index is 12.9. The minimum Gasteiger partial charge on any atom is -0.486 e. The van der Waals surface area contributed by atoms with E-state index in [2.05, 4.69) is 15.3 Å². The maximum Gasteiger partial charge on any atom is 0.246 e. The normalized spacial score (nSPS) is 13.1. The number of carbonyl (C=O) groups is 3. The fraction of sp³-hybridized carbons (Fsp3) is 0.219. The molecule has 4 aromatic rings. The number of ether oxygens (including phenoxy) is 1. The van der Waals surface area contributed by atoms with Crippen LogP contribution in [-0.4, -0.2) is 47.8 Å². The quantitative estimate of drug-likeness (QED) is 0.240. The Bertz CT molecular complexity index is 1730. The van der Waals surface area contributed by atoms with Crippen molar-refractivity contribution in [1.29, 1.82) is 0 Å². The van der Waals surface area contributed by atoms with Crippen LogP contribution in [0.3, 0.4) is 0 Å². The zero-order valence-electron chi connectivity index (χ0n) is 23.6. The molecule has 0 bridgehead atoms. The zero-order chi connectivity index (χ0) is 30.5. The van der Waals surface area contributed by atoms with Gasteiger partial charge < -0.3 is 19.9 Å².